The molecule has 1 aromatic carbocycles. The second-order valence-corrected chi connectivity index (χ2v) is 5.30. The summed E-state index contributed by atoms with van der Waals surface area (Å²) in [6.45, 7) is 4.34. The summed E-state index contributed by atoms with van der Waals surface area (Å²) in [6, 6.07) is 5.35. The topological polar surface area (TPSA) is 43.1 Å². The van der Waals surface area contributed by atoms with Crippen LogP contribution in [-0.2, 0) is 0 Å². The van der Waals surface area contributed by atoms with Crippen molar-refractivity contribution >= 4 is 27.4 Å². The van der Waals surface area contributed by atoms with Crippen LogP contribution in [0.1, 0.15) is 43.5 Å². The van der Waals surface area contributed by atoms with E-state index in [4.69, 9.17) is 5.73 Å². The third kappa shape index (κ3) is 3.97. The van der Waals surface area contributed by atoms with E-state index in [9.17, 15) is 4.79 Å². The largest absolute Gasteiger partial charge is 0.398 e. The average molecular weight is 284 g/mol. The highest BCUT2D eigenvalue weighted by molar-refractivity contribution is 9.10. The fourth-order valence-electron chi connectivity index (χ4n) is 1.52. The number of benzene rings is 1. The molecule has 2 N–H and O–H groups in total. The maximum absolute atomic E-state index is 11.8. The van der Waals surface area contributed by atoms with Crippen LogP contribution in [0.4, 0.5) is 5.69 Å². The fraction of sp³-hybridized carbons (Fsp3) is 0.462. The van der Waals surface area contributed by atoms with Gasteiger partial charge in [-0.3, -0.25) is 4.79 Å². The van der Waals surface area contributed by atoms with E-state index >= 15 is 0 Å². The van der Waals surface area contributed by atoms with Gasteiger partial charge in [0, 0.05) is 22.1 Å². The van der Waals surface area contributed by atoms with Crippen LogP contribution >= 0.6 is 15.9 Å². The van der Waals surface area contributed by atoms with Crippen LogP contribution in [0.5, 0.6) is 0 Å². The number of halogens is 1. The van der Waals surface area contributed by atoms with Gasteiger partial charge >= 0.3 is 0 Å². The predicted molar refractivity (Wildman–Crippen MR) is 71.6 cm³/mol. The Balaban J connectivity index is 2.56. The van der Waals surface area contributed by atoms with Crippen LogP contribution in [0.25, 0.3) is 0 Å². The standard InChI is InChI=1S/C13H18BrNO/c1-9(2)4-3-5-13(16)10-6-7-12(15)11(14)8-10/h6-9H,3-5,15H2,1-2H3. The minimum Gasteiger partial charge on any atom is -0.398 e. The van der Waals surface area contributed by atoms with Crippen molar-refractivity contribution in [1.82, 2.24) is 0 Å². The molecule has 0 aromatic heterocycles. The molecule has 0 saturated heterocycles. The lowest BCUT2D eigenvalue weighted by Gasteiger charge is -2.05. The number of nitrogen functional groups attached to an aromatic ring is 1. The molecule has 0 aliphatic heterocycles. The van der Waals surface area contributed by atoms with Crippen molar-refractivity contribution in [1.29, 1.82) is 0 Å². The summed E-state index contributed by atoms with van der Waals surface area (Å²) >= 11 is 3.33. The van der Waals surface area contributed by atoms with Crippen molar-refractivity contribution in [3.8, 4) is 0 Å². The van der Waals surface area contributed by atoms with Gasteiger partial charge in [-0.1, -0.05) is 20.3 Å². The molecule has 0 spiro atoms. The molecule has 1 rings (SSSR count). The van der Waals surface area contributed by atoms with Gasteiger partial charge in [0.2, 0.25) is 0 Å². The maximum Gasteiger partial charge on any atom is 0.162 e. The van der Waals surface area contributed by atoms with Crippen molar-refractivity contribution in [2.75, 3.05) is 5.73 Å². The van der Waals surface area contributed by atoms with Crippen molar-refractivity contribution in [2.24, 2.45) is 5.92 Å². The highest BCUT2D eigenvalue weighted by atomic mass is 79.9. The molecule has 0 heterocycles. The third-order valence-electron chi connectivity index (χ3n) is 2.51. The Morgan fingerprint density at radius 3 is 2.69 bits per heavy atom. The summed E-state index contributed by atoms with van der Waals surface area (Å²) in [6.07, 6.45) is 2.68. The third-order valence-corrected chi connectivity index (χ3v) is 3.19. The van der Waals surface area contributed by atoms with Gasteiger partial charge in [0.1, 0.15) is 0 Å². The van der Waals surface area contributed by atoms with Gasteiger partial charge < -0.3 is 5.73 Å². The van der Waals surface area contributed by atoms with Gasteiger partial charge in [-0.2, -0.15) is 0 Å². The summed E-state index contributed by atoms with van der Waals surface area (Å²) in [7, 11) is 0. The molecule has 1 aromatic rings. The van der Waals surface area contributed by atoms with E-state index in [1.807, 2.05) is 0 Å². The summed E-state index contributed by atoms with van der Waals surface area (Å²) in [5.41, 5.74) is 7.08. The first-order chi connectivity index (χ1) is 7.50. The van der Waals surface area contributed by atoms with Gasteiger partial charge in [0.25, 0.3) is 0 Å². The number of rotatable bonds is 5. The van der Waals surface area contributed by atoms with E-state index in [1.54, 1.807) is 18.2 Å². The van der Waals surface area contributed by atoms with Gasteiger partial charge in [0.05, 0.1) is 0 Å². The number of nitrogens with two attached hydrogens (primary N) is 1. The van der Waals surface area contributed by atoms with Crippen LogP contribution in [0.3, 0.4) is 0 Å². The Kier molecular flexibility index (Phi) is 5.00. The first-order valence-electron chi connectivity index (χ1n) is 5.59. The molecule has 16 heavy (non-hydrogen) atoms. The van der Waals surface area contributed by atoms with Crippen LogP contribution in [0.2, 0.25) is 0 Å². The van der Waals surface area contributed by atoms with Crippen molar-refractivity contribution in [3.05, 3.63) is 28.2 Å². The SMILES string of the molecule is CC(C)CCCC(=O)c1ccc(N)c(Br)c1. The second kappa shape index (κ2) is 6.04. The number of ketones is 1. The summed E-state index contributed by atoms with van der Waals surface area (Å²) in [4.78, 5) is 11.8. The van der Waals surface area contributed by atoms with Crippen molar-refractivity contribution in [3.63, 3.8) is 0 Å². The normalized spacial score (nSPS) is 10.8. The van der Waals surface area contributed by atoms with Crippen LogP contribution in [-0.4, -0.2) is 5.78 Å². The Labute approximate surface area is 105 Å². The molecule has 0 amide bonds. The summed E-state index contributed by atoms with van der Waals surface area (Å²) in [5, 5.41) is 0. The van der Waals surface area contributed by atoms with E-state index in [0.29, 0.717) is 18.0 Å². The zero-order chi connectivity index (χ0) is 12.1. The van der Waals surface area contributed by atoms with E-state index in [0.717, 1.165) is 22.9 Å². The number of carbonyl (C=O) groups excluding carboxylic acids is 1. The zero-order valence-electron chi connectivity index (χ0n) is 9.79. The number of anilines is 1. The second-order valence-electron chi connectivity index (χ2n) is 4.45. The van der Waals surface area contributed by atoms with E-state index in [-0.39, 0.29) is 5.78 Å². The Morgan fingerprint density at radius 1 is 1.44 bits per heavy atom. The highest BCUT2D eigenvalue weighted by Gasteiger charge is 2.07. The molecule has 0 aliphatic rings. The minimum atomic E-state index is 0.196. The molecule has 0 atom stereocenters. The van der Waals surface area contributed by atoms with Gasteiger partial charge in [-0.25, -0.2) is 0 Å². The predicted octanol–water partition coefficient (Wildman–Crippen LogP) is 4.04. The molecule has 0 fully saturated rings. The van der Waals surface area contributed by atoms with Crippen molar-refractivity contribution < 1.29 is 4.79 Å². The molecule has 3 heteroatoms. The number of hydrogen-bond acceptors (Lipinski definition) is 2. The lowest BCUT2D eigenvalue weighted by molar-refractivity contribution is 0.0978. The Bertz CT molecular complexity index is 374. The van der Waals surface area contributed by atoms with Crippen LogP contribution in [0, 0.1) is 5.92 Å². The van der Waals surface area contributed by atoms with Crippen LogP contribution < -0.4 is 5.73 Å². The minimum absolute atomic E-state index is 0.196. The monoisotopic (exact) mass is 283 g/mol. The van der Waals surface area contributed by atoms with E-state index < -0.39 is 0 Å². The van der Waals surface area contributed by atoms with Gasteiger partial charge in [-0.15, -0.1) is 0 Å². The molecule has 0 unspecified atom stereocenters. The number of Topliss-reactive ketones (excluding diaryl/α,β-unsaturated/α-hetero) is 1. The summed E-state index contributed by atoms with van der Waals surface area (Å²) in [5.74, 6) is 0.854. The van der Waals surface area contributed by atoms with E-state index in [2.05, 4.69) is 29.8 Å². The molecular formula is C13H18BrNO. The fourth-order valence-corrected chi connectivity index (χ4v) is 1.89. The number of carbonyl (C=O) groups is 1. The Morgan fingerprint density at radius 2 is 2.12 bits per heavy atom. The highest BCUT2D eigenvalue weighted by Crippen LogP contribution is 2.21. The summed E-state index contributed by atoms with van der Waals surface area (Å²) < 4.78 is 0.794. The first-order valence-corrected chi connectivity index (χ1v) is 6.38. The lowest BCUT2D eigenvalue weighted by Crippen LogP contribution is -2.01. The quantitative estimate of drug-likeness (QED) is 0.655. The molecule has 0 bridgehead atoms. The molecule has 0 radical (unpaired) electrons. The van der Waals surface area contributed by atoms with Gasteiger partial charge in [-0.05, 0) is 46.5 Å². The first kappa shape index (κ1) is 13.2. The van der Waals surface area contributed by atoms with Crippen molar-refractivity contribution in [2.45, 2.75) is 33.1 Å². The lowest BCUT2D eigenvalue weighted by atomic mass is 10.0. The maximum atomic E-state index is 11.8. The van der Waals surface area contributed by atoms with Gasteiger partial charge in [0.15, 0.2) is 5.78 Å². The smallest absolute Gasteiger partial charge is 0.162 e. The molecule has 0 saturated carbocycles. The molecular weight excluding hydrogens is 266 g/mol. The molecule has 0 aliphatic carbocycles. The Hall–Kier alpha value is -0.830. The van der Waals surface area contributed by atoms with E-state index in [1.165, 1.54) is 0 Å². The average Bonchev–Trinajstić information content (AvgIpc) is 2.21. The molecule has 2 nitrogen and oxygen atoms in total. The zero-order valence-corrected chi connectivity index (χ0v) is 11.4. The van der Waals surface area contributed by atoms with Crippen LogP contribution in [0.15, 0.2) is 22.7 Å². The molecule has 88 valence electrons. The number of hydrogen-bond donors (Lipinski definition) is 1.